The van der Waals surface area contributed by atoms with Crippen molar-refractivity contribution in [3.63, 3.8) is 0 Å². The number of carbonyl (C=O) groups excluding carboxylic acids is 1. The van der Waals surface area contributed by atoms with Gasteiger partial charge in [0.25, 0.3) is 5.91 Å². The average Bonchev–Trinajstić information content (AvgIpc) is 2.27. The molecule has 4 heteroatoms. The minimum atomic E-state index is -0.906. The molecule has 0 saturated heterocycles. The summed E-state index contributed by atoms with van der Waals surface area (Å²) in [5, 5.41) is 9.27. The van der Waals surface area contributed by atoms with E-state index in [1.807, 2.05) is 12.1 Å². The predicted molar refractivity (Wildman–Crippen MR) is 64.9 cm³/mol. The molecular formula is C12H14BrNO2. The van der Waals surface area contributed by atoms with E-state index in [4.69, 9.17) is 0 Å². The van der Waals surface area contributed by atoms with E-state index in [1.165, 1.54) is 18.1 Å². The molecule has 86 valence electrons. The van der Waals surface area contributed by atoms with Crippen molar-refractivity contribution < 1.29 is 9.90 Å². The van der Waals surface area contributed by atoms with Crippen molar-refractivity contribution in [1.29, 1.82) is 0 Å². The average molecular weight is 284 g/mol. The first kappa shape index (κ1) is 11.6. The maximum absolute atomic E-state index is 11.6. The zero-order valence-electron chi connectivity index (χ0n) is 9.11. The van der Waals surface area contributed by atoms with Crippen LogP contribution in [0.25, 0.3) is 0 Å². The first-order valence-corrected chi connectivity index (χ1v) is 6.11. The minimum Gasteiger partial charge on any atom is -0.384 e. The number of amides is 1. The maximum atomic E-state index is 11.6. The Labute approximate surface area is 103 Å². The van der Waals surface area contributed by atoms with Gasteiger partial charge in [0.15, 0.2) is 0 Å². The van der Waals surface area contributed by atoms with Crippen molar-refractivity contribution in [3.05, 3.63) is 33.8 Å². The van der Waals surface area contributed by atoms with E-state index < -0.39 is 6.10 Å². The summed E-state index contributed by atoms with van der Waals surface area (Å²) in [6.45, 7) is 2.80. The lowest BCUT2D eigenvalue weighted by Crippen LogP contribution is -2.41. The van der Waals surface area contributed by atoms with Crippen LogP contribution in [0, 0.1) is 0 Å². The van der Waals surface area contributed by atoms with Gasteiger partial charge >= 0.3 is 0 Å². The zero-order chi connectivity index (χ0) is 11.7. The van der Waals surface area contributed by atoms with Gasteiger partial charge in [-0.15, -0.1) is 0 Å². The second-order valence-electron chi connectivity index (χ2n) is 4.10. The Morgan fingerprint density at radius 1 is 1.50 bits per heavy atom. The SMILES string of the molecule is CC(O)C(=O)N1CCc2cc(Br)ccc2C1. The fraction of sp³-hybridized carbons (Fsp3) is 0.417. The standard InChI is InChI=1S/C12H14BrNO2/c1-8(15)12(16)14-5-4-9-6-11(13)3-2-10(9)7-14/h2-3,6,8,15H,4-5,7H2,1H3. The summed E-state index contributed by atoms with van der Waals surface area (Å²) >= 11 is 3.44. The van der Waals surface area contributed by atoms with Crippen LogP contribution in [0.4, 0.5) is 0 Å². The van der Waals surface area contributed by atoms with Crippen LogP contribution in [0.15, 0.2) is 22.7 Å². The van der Waals surface area contributed by atoms with Crippen LogP contribution in [0.5, 0.6) is 0 Å². The van der Waals surface area contributed by atoms with Gasteiger partial charge in [-0.25, -0.2) is 0 Å². The van der Waals surface area contributed by atoms with Crippen LogP contribution in [0.2, 0.25) is 0 Å². The molecular weight excluding hydrogens is 270 g/mol. The summed E-state index contributed by atoms with van der Waals surface area (Å²) in [6.07, 6.45) is -0.0512. The van der Waals surface area contributed by atoms with Gasteiger partial charge in [0.05, 0.1) is 0 Å². The predicted octanol–water partition coefficient (Wildman–Crippen LogP) is 1.71. The minimum absolute atomic E-state index is 0.187. The molecule has 1 aliphatic heterocycles. The first-order chi connectivity index (χ1) is 7.58. The smallest absolute Gasteiger partial charge is 0.251 e. The highest BCUT2D eigenvalue weighted by Gasteiger charge is 2.23. The Kier molecular flexibility index (Phi) is 3.30. The van der Waals surface area contributed by atoms with Crippen LogP contribution >= 0.6 is 15.9 Å². The number of benzene rings is 1. The number of aliphatic hydroxyl groups excluding tert-OH is 1. The quantitative estimate of drug-likeness (QED) is 0.853. The van der Waals surface area contributed by atoms with Crippen molar-refractivity contribution in [1.82, 2.24) is 4.90 Å². The van der Waals surface area contributed by atoms with Crippen molar-refractivity contribution in [3.8, 4) is 0 Å². The van der Waals surface area contributed by atoms with Crippen molar-refractivity contribution >= 4 is 21.8 Å². The number of hydrogen-bond donors (Lipinski definition) is 1. The van der Waals surface area contributed by atoms with Crippen molar-refractivity contribution in [2.45, 2.75) is 26.0 Å². The zero-order valence-corrected chi connectivity index (χ0v) is 10.7. The fourth-order valence-electron chi connectivity index (χ4n) is 1.97. The van der Waals surface area contributed by atoms with Crippen LogP contribution in [-0.2, 0) is 17.8 Å². The Hall–Kier alpha value is -0.870. The number of rotatable bonds is 1. The monoisotopic (exact) mass is 283 g/mol. The van der Waals surface area contributed by atoms with Gasteiger partial charge in [-0.1, -0.05) is 22.0 Å². The Morgan fingerprint density at radius 3 is 2.94 bits per heavy atom. The summed E-state index contributed by atoms with van der Waals surface area (Å²) in [6, 6.07) is 6.11. The van der Waals surface area contributed by atoms with Gasteiger partial charge in [-0.2, -0.15) is 0 Å². The summed E-state index contributed by atoms with van der Waals surface area (Å²) < 4.78 is 1.07. The number of carbonyl (C=O) groups is 1. The molecule has 0 bridgehead atoms. The molecule has 0 spiro atoms. The number of aliphatic hydroxyl groups is 1. The highest BCUT2D eigenvalue weighted by molar-refractivity contribution is 9.10. The molecule has 1 aromatic carbocycles. The molecule has 16 heavy (non-hydrogen) atoms. The second kappa shape index (κ2) is 4.55. The lowest BCUT2D eigenvalue weighted by atomic mass is 9.99. The van der Waals surface area contributed by atoms with E-state index in [9.17, 15) is 9.90 Å². The largest absolute Gasteiger partial charge is 0.384 e. The van der Waals surface area contributed by atoms with Gasteiger partial charge < -0.3 is 10.0 Å². The molecule has 1 N–H and O–H groups in total. The second-order valence-corrected chi connectivity index (χ2v) is 5.01. The third-order valence-electron chi connectivity index (χ3n) is 2.85. The van der Waals surface area contributed by atoms with Crippen molar-refractivity contribution in [2.75, 3.05) is 6.54 Å². The van der Waals surface area contributed by atoms with Gasteiger partial charge in [0.2, 0.25) is 0 Å². The van der Waals surface area contributed by atoms with Gasteiger partial charge in [0, 0.05) is 17.6 Å². The number of halogens is 1. The van der Waals surface area contributed by atoms with Crippen LogP contribution < -0.4 is 0 Å². The maximum Gasteiger partial charge on any atom is 0.251 e. The lowest BCUT2D eigenvalue weighted by Gasteiger charge is -2.29. The molecule has 0 saturated carbocycles. The van der Waals surface area contributed by atoms with Crippen LogP contribution in [-0.4, -0.2) is 28.6 Å². The molecule has 1 atom stereocenters. The molecule has 1 aliphatic rings. The summed E-state index contributed by atoms with van der Waals surface area (Å²) in [4.78, 5) is 13.4. The topological polar surface area (TPSA) is 40.5 Å². The normalized spacial score (nSPS) is 16.8. The van der Waals surface area contributed by atoms with Crippen molar-refractivity contribution in [2.24, 2.45) is 0 Å². The molecule has 1 amide bonds. The van der Waals surface area contributed by atoms with Gasteiger partial charge in [-0.3, -0.25) is 4.79 Å². The van der Waals surface area contributed by atoms with Gasteiger partial charge in [0.1, 0.15) is 6.10 Å². The molecule has 3 nitrogen and oxygen atoms in total. The van der Waals surface area contributed by atoms with E-state index in [0.717, 1.165) is 10.9 Å². The fourth-order valence-corrected chi connectivity index (χ4v) is 2.38. The Morgan fingerprint density at radius 2 is 2.25 bits per heavy atom. The van der Waals surface area contributed by atoms with E-state index in [0.29, 0.717) is 13.1 Å². The first-order valence-electron chi connectivity index (χ1n) is 5.32. The molecule has 2 rings (SSSR count). The van der Waals surface area contributed by atoms with E-state index in [2.05, 4.69) is 22.0 Å². The number of fused-ring (bicyclic) bond motifs is 1. The summed E-state index contributed by atoms with van der Waals surface area (Å²) in [5.74, 6) is -0.187. The highest BCUT2D eigenvalue weighted by atomic mass is 79.9. The third-order valence-corrected chi connectivity index (χ3v) is 3.34. The van der Waals surface area contributed by atoms with Crippen LogP contribution in [0.1, 0.15) is 18.1 Å². The van der Waals surface area contributed by atoms with E-state index in [1.54, 1.807) is 4.90 Å². The summed E-state index contributed by atoms with van der Waals surface area (Å²) in [5.41, 5.74) is 2.45. The van der Waals surface area contributed by atoms with Crippen LogP contribution in [0.3, 0.4) is 0 Å². The number of hydrogen-bond acceptors (Lipinski definition) is 2. The molecule has 1 aromatic rings. The molecule has 0 fully saturated rings. The Balaban J connectivity index is 2.18. The molecule has 0 aromatic heterocycles. The lowest BCUT2D eigenvalue weighted by molar-refractivity contribution is -0.140. The van der Waals surface area contributed by atoms with Gasteiger partial charge in [-0.05, 0) is 36.6 Å². The van der Waals surface area contributed by atoms with E-state index in [-0.39, 0.29) is 5.91 Å². The molecule has 0 aliphatic carbocycles. The number of nitrogens with zero attached hydrogens (tertiary/aromatic N) is 1. The van der Waals surface area contributed by atoms with E-state index >= 15 is 0 Å². The molecule has 1 heterocycles. The Bertz CT molecular complexity index is 417. The molecule has 0 radical (unpaired) electrons. The molecule has 1 unspecified atom stereocenters. The third kappa shape index (κ3) is 2.28. The highest BCUT2D eigenvalue weighted by Crippen LogP contribution is 2.23. The summed E-state index contributed by atoms with van der Waals surface area (Å²) in [7, 11) is 0.